The van der Waals surface area contributed by atoms with Crippen LogP contribution in [0.15, 0.2) is 0 Å². The summed E-state index contributed by atoms with van der Waals surface area (Å²) in [6.45, 7) is 11.5. The van der Waals surface area contributed by atoms with Crippen LogP contribution in [0.1, 0.15) is 34.6 Å². The van der Waals surface area contributed by atoms with Crippen LogP contribution in [-0.4, -0.2) is 68.7 Å². The van der Waals surface area contributed by atoms with Gasteiger partial charge in [0.05, 0.1) is 44.2 Å². The second kappa shape index (κ2) is 12.6. The summed E-state index contributed by atoms with van der Waals surface area (Å²) in [6.07, 6.45) is -1.67. The van der Waals surface area contributed by atoms with Crippen molar-refractivity contribution in [2.75, 3.05) is 33.0 Å². The third-order valence-electron chi connectivity index (χ3n) is 2.74. The lowest BCUT2D eigenvalue weighted by atomic mass is 10.3. The molecule has 1 N–H and O–H groups in total. The molecular formula is C15H30O7. The summed E-state index contributed by atoms with van der Waals surface area (Å²) in [5.74, 6) is 0. The van der Waals surface area contributed by atoms with Crippen LogP contribution in [0.25, 0.3) is 0 Å². The molecule has 22 heavy (non-hydrogen) atoms. The van der Waals surface area contributed by atoms with Crippen LogP contribution in [-0.2, 0) is 23.7 Å². The highest BCUT2D eigenvalue weighted by molar-refractivity contribution is 5.56. The lowest BCUT2D eigenvalue weighted by Crippen LogP contribution is -2.28. The lowest BCUT2D eigenvalue weighted by Gasteiger charge is -2.21. The first kappa shape index (κ1) is 21.1. The van der Waals surface area contributed by atoms with Crippen molar-refractivity contribution < 1.29 is 33.6 Å². The number of rotatable bonds is 13. The lowest BCUT2D eigenvalue weighted by molar-refractivity contribution is -0.0894. The van der Waals surface area contributed by atoms with Crippen LogP contribution in [0.4, 0.5) is 4.79 Å². The van der Waals surface area contributed by atoms with Crippen LogP contribution in [0.5, 0.6) is 0 Å². The average Bonchev–Trinajstić information content (AvgIpc) is 2.46. The summed E-state index contributed by atoms with van der Waals surface area (Å²) < 4.78 is 26.5. The first-order valence-corrected chi connectivity index (χ1v) is 7.67. The van der Waals surface area contributed by atoms with Crippen LogP contribution < -0.4 is 0 Å². The summed E-state index contributed by atoms with van der Waals surface area (Å²) >= 11 is 0. The molecule has 0 bridgehead atoms. The third-order valence-corrected chi connectivity index (χ3v) is 2.74. The van der Waals surface area contributed by atoms with Crippen LogP contribution >= 0.6 is 0 Å². The maximum atomic E-state index is 10.2. The van der Waals surface area contributed by atoms with Gasteiger partial charge in [-0.1, -0.05) is 0 Å². The molecule has 0 spiro atoms. The van der Waals surface area contributed by atoms with E-state index in [9.17, 15) is 4.79 Å². The minimum absolute atomic E-state index is 0.0108. The molecule has 7 nitrogen and oxygen atoms in total. The largest absolute Gasteiger partial charge is 0.505 e. The van der Waals surface area contributed by atoms with Crippen molar-refractivity contribution in [3.05, 3.63) is 0 Å². The monoisotopic (exact) mass is 322 g/mol. The van der Waals surface area contributed by atoms with Gasteiger partial charge >= 0.3 is 6.16 Å². The summed E-state index contributed by atoms with van der Waals surface area (Å²) in [6, 6.07) is 0. The predicted molar refractivity (Wildman–Crippen MR) is 81.3 cm³/mol. The number of ether oxygens (including phenoxy) is 5. The van der Waals surface area contributed by atoms with Gasteiger partial charge in [-0.25, -0.2) is 4.79 Å². The normalized spacial score (nSPS) is 16.8. The fourth-order valence-electron chi connectivity index (χ4n) is 1.56. The summed E-state index contributed by atoms with van der Waals surface area (Å²) in [4.78, 5) is 10.2. The molecule has 0 fully saturated rings. The molecule has 0 saturated carbocycles. The number of carbonyl (C=O) groups is 1. The molecule has 132 valence electrons. The molecule has 0 amide bonds. The van der Waals surface area contributed by atoms with E-state index in [0.29, 0.717) is 26.4 Å². The fraction of sp³-hybridized carbons (Fsp3) is 0.933. The van der Waals surface area contributed by atoms with E-state index in [2.05, 4.69) is 4.74 Å². The molecule has 7 heteroatoms. The summed E-state index contributed by atoms with van der Waals surface area (Å²) in [7, 11) is 0. The Labute approximate surface area is 132 Å². The maximum absolute atomic E-state index is 10.2. The molecule has 0 aromatic heterocycles. The zero-order chi connectivity index (χ0) is 17.0. The summed E-state index contributed by atoms with van der Waals surface area (Å²) in [5.41, 5.74) is 0. The van der Waals surface area contributed by atoms with E-state index in [0.717, 1.165) is 0 Å². The second-order valence-electron chi connectivity index (χ2n) is 5.27. The van der Waals surface area contributed by atoms with Crippen molar-refractivity contribution in [2.45, 2.75) is 59.0 Å². The molecule has 4 atom stereocenters. The van der Waals surface area contributed by atoms with Gasteiger partial charge in [-0.05, 0) is 34.6 Å². The topological polar surface area (TPSA) is 83.5 Å². The van der Waals surface area contributed by atoms with Crippen molar-refractivity contribution in [1.82, 2.24) is 0 Å². The molecule has 0 aliphatic carbocycles. The van der Waals surface area contributed by atoms with E-state index >= 15 is 0 Å². The van der Waals surface area contributed by atoms with Crippen LogP contribution in [0.2, 0.25) is 0 Å². The molecule has 0 rings (SSSR count). The molecule has 0 saturated heterocycles. The third kappa shape index (κ3) is 12.8. The first-order valence-electron chi connectivity index (χ1n) is 7.67. The van der Waals surface area contributed by atoms with Crippen LogP contribution in [0.3, 0.4) is 0 Å². The van der Waals surface area contributed by atoms with Crippen molar-refractivity contribution in [2.24, 2.45) is 0 Å². The zero-order valence-corrected chi connectivity index (χ0v) is 14.2. The summed E-state index contributed by atoms with van der Waals surface area (Å²) in [5, 5.41) is 8.38. The second-order valence-corrected chi connectivity index (χ2v) is 5.27. The maximum Gasteiger partial charge on any atom is 0.505 e. The zero-order valence-electron chi connectivity index (χ0n) is 14.2. The Morgan fingerprint density at radius 1 is 0.773 bits per heavy atom. The van der Waals surface area contributed by atoms with E-state index < -0.39 is 6.16 Å². The van der Waals surface area contributed by atoms with Gasteiger partial charge in [0.25, 0.3) is 0 Å². The van der Waals surface area contributed by atoms with Gasteiger partial charge in [-0.15, -0.1) is 0 Å². The van der Waals surface area contributed by atoms with E-state index in [1.54, 1.807) is 6.92 Å². The highest BCUT2D eigenvalue weighted by Crippen LogP contribution is 2.02. The van der Waals surface area contributed by atoms with Gasteiger partial charge in [0.15, 0.2) is 0 Å². The molecule has 0 heterocycles. The Hall–Kier alpha value is -0.890. The van der Waals surface area contributed by atoms with E-state index in [1.165, 1.54) is 0 Å². The molecule has 0 aromatic carbocycles. The molecular weight excluding hydrogens is 292 g/mol. The molecule has 0 aliphatic rings. The molecule has 0 aliphatic heterocycles. The minimum Gasteiger partial charge on any atom is -0.450 e. The number of hydrogen-bond acceptors (Lipinski definition) is 6. The average molecular weight is 322 g/mol. The molecule has 4 unspecified atom stereocenters. The standard InChI is InChI=1S/C15H30O7/c1-6-18-11(2)7-19-12(3)8-20-13(4)9-21-14(5)10-22-15(16)17/h11-14H,6-10H2,1-5H3,(H,16,17). The van der Waals surface area contributed by atoms with E-state index in [4.69, 9.17) is 24.1 Å². The van der Waals surface area contributed by atoms with Gasteiger partial charge in [0.1, 0.15) is 6.61 Å². The van der Waals surface area contributed by atoms with Gasteiger partial charge in [-0.2, -0.15) is 0 Å². The predicted octanol–water partition coefficient (Wildman–Crippen LogP) is 2.32. The van der Waals surface area contributed by atoms with Crippen molar-refractivity contribution in [1.29, 1.82) is 0 Å². The number of carboxylic acid groups (broad SMARTS) is 1. The van der Waals surface area contributed by atoms with Crippen molar-refractivity contribution in [3.63, 3.8) is 0 Å². The molecule has 0 aromatic rings. The van der Waals surface area contributed by atoms with Gasteiger partial charge in [0, 0.05) is 6.61 Å². The van der Waals surface area contributed by atoms with Gasteiger partial charge < -0.3 is 28.8 Å². The smallest absolute Gasteiger partial charge is 0.450 e. The van der Waals surface area contributed by atoms with Crippen molar-refractivity contribution in [3.8, 4) is 0 Å². The van der Waals surface area contributed by atoms with Crippen molar-refractivity contribution >= 4 is 6.16 Å². The van der Waals surface area contributed by atoms with Gasteiger partial charge in [-0.3, -0.25) is 0 Å². The Kier molecular flexibility index (Phi) is 12.1. The highest BCUT2D eigenvalue weighted by Gasteiger charge is 2.12. The van der Waals surface area contributed by atoms with Gasteiger partial charge in [0.2, 0.25) is 0 Å². The Bertz CT molecular complexity index is 285. The quantitative estimate of drug-likeness (QED) is 0.521. The Morgan fingerprint density at radius 3 is 1.50 bits per heavy atom. The Balaban J connectivity index is 3.66. The number of hydrogen-bond donors (Lipinski definition) is 1. The SMILES string of the molecule is CCOC(C)COC(C)COC(C)COC(C)COC(=O)O. The minimum atomic E-state index is -1.30. The van der Waals surface area contributed by atoms with E-state index in [1.807, 2.05) is 27.7 Å². The fourth-order valence-corrected chi connectivity index (χ4v) is 1.56. The Morgan fingerprint density at radius 2 is 1.14 bits per heavy atom. The van der Waals surface area contributed by atoms with Crippen LogP contribution in [0, 0.1) is 0 Å². The first-order chi connectivity index (χ1) is 10.3. The van der Waals surface area contributed by atoms with E-state index in [-0.39, 0.29) is 31.0 Å². The molecule has 0 radical (unpaired) electrons. The highest BCUT2D eigenvalue weighted by atomic mass is 16.7.